The maximum atomic E-state index is 8.47. The van der Waals surface area contributed by atoms with Gasteiger partial charge >= 0.3 is 21.7 Å². The number of carbonyl (C=O) groups is 2. The van der Waals surface area contributed by atoms with Gasteiger partial charge in [0.2, 0.25) is 0 Å². The van der Waals surface area contributed by atoms with E-state index in [1.165, 1.54) is 19.3 Å². The normalized spacial score (nSPS) is 16.7. The van der Waals surface area contributed by atoms with E-state index in [-0.39, 0.29) is 34.5 Å². The van der Waals surface area contributed by atoms with Crippen molar-refractivity contribution in [2.45, 2.75) is 40.0 Å². The van der Waals surface area contributed by atoms with E-state index in [2.05, 4.69) is 27.2 Å². The van der Waals surface area contributed by atoms with Gasteiger partial charge in [0.05, 0.1) is 0 Å². The Morgan fingerprint density at radius 2 is 1.48 bits per heavy atom. The quantitative estimate of drug-likeness (QED) is 0.372. The van der Waals surface area contributed by atoms with Crippen LogP contribution in [0.5, 0.6) is 0 Å². The molecule has 2 amide bonds. The van der Waals surface area contributed by atoms with Crippen molar-refractivity contribution < 1.29 is 41.5 Å². The maximum Gasteiger partial charge on any atom is 2.00 e. The minimum atomic E-state index is 0. The number of rotatable bonds is 0. The Labute approximate surface area is 154 Å². The van der Waals surface area contributed by atoms with E-state index in [4.69, 9.17) is 31.3 Å². The molecule has 23 heavy (non-hydrogen) atoms. The topological polar surface area (TPSA) is 128 Å². The van der Waals surface area contributed by atoms with Crippen LogP contribution in [0, 0.1) is 12.3 Å². The van der Waals surface area contributed by atoms with Crippen LogP contribution in [0.15, 0.2) is 22.3 Å². The van der Waals surface area contributed by atoms with Gasteiger partial charge in [-0.15, -0.1) is 5.57 Å². The molecule has 0 bridgehead atoms. The molecule has 7 heteroatoms. The molecule has 2 aliphatic carbocycles. The molecule has 132 valence electrons. The second-order valence-electron chi connectivity index (χ2n) is 4.30. The zero-order valence-electron chi connectivity index (χ0n) is 14.6. The summed E-state index contributed by atoms with van der Waals surface area (Å²) >= 11 is 0. The monoisotopic (exact) mass is 359 g/mol. The summed E-state index contributed by atoms with van der Waals surface area (Å²) in [6.07, 6.45) is 6.42. The molecular weight excluding hydrogens is 332 g/mol. The van der Waals surface area contributed by atoms with Gasteiger partial charge in [-0.2, -0.15) is 37.4 Å². The molecular formula is C16H27N2O4Ti-3. The third-order valence-electron chi connectivity index (χ3n) is 3.51. The van der Waals surface area contributed by atoms with Crippen LogP contribution < -0.4 is 10.2 Å². The van der Waals surface area contributed by atoms with Gasteiger partial charge in [-0.3, -0.25) is 0 Å². The van der Waals surface area contributed by atoms with Crippen LogP contribution in [0.4, 0.5) is 0 Å². The summed E-state index contributed by atoms with van der Waals surface area (Å²) in [5.74, 6) is 0.733. The van der Waals surface area contributed by atoms with E-state index in [9.17, 15) is 0 Å². The van der Waals surface area contributed by atoms with Crippen molar-refractivity contribution in [1.82, 2.24) is 0 Å². The summed E-state index contributed by atoms with van der Waals surface area (Å²) < 4.78 is 0. The van der Waals surface area contributed by atoms with Gasteiger partial charge in [0.1, 0.15) is 0 Å². The zero-order chi connectivity index (χ0) is 18.1. The van der Waals surface area contributed by atoms with Crippen molar-refractivity contribution in [3.8, 4) is 0 Å². The molecule has 0 saturated carbocycles. The molecule has 1 unspecified atom stereocenters. The maximum absolute atomic E-state index is 8.47. The van der Waals surface area contributed by atoms with Crippen molar-refractivity contribution in [2.24, 2.45) is 5.92 Å². The third-order valence-corrected chi connectivity index (χ3v) is 3.51. The van der Waals surface area contributed by atoms with Crippen LogP contribution in [-0.4, -0.2) is 27.0 Å². The number of amides is 2. The molecule has 0 saturated heterocycles. The molecule has 2 rings (SSSR count). The van der Waals surface area contributed by atoms with Crippen LogP contribution in [0.3, 0.4) is 0 Å². The molecule has 2 aliphatic rings. The summed E-state index contributed by atoms with van der Waals surface area (Å²) in [4.78, 5) is 16.9. The Balaban J connectivity index is -0.000000140. The Morgan fingerprint density at radius 1 is 1.09 bits per heavy atom. The van der Waals surface area contributed by atoms with Gasteiger partial charge in [0.15, 0.2) is 0 Å². The second-order valence-corrected chi connectivity index (χ2v) is 4.30. The summed E-state index contributed by atoms with van der Waals surface area (Å²) in [5.41, 5.74) is 17.5. The Bertz CT molecular complexity index is 363. The standard InChI is InChI=1S/C12H17.2CH3NO.2CH3O.Ti/c1-8-9(2)11-6-4-5-7-12(11)10(8)3;2*2-1-3;2*1-2;/h6,10H,4-5,7H2,1-3H3;2*1H,(H2,2,3);2*1H3;/q-1;;;2*-1;+2/p-2. The second kappa shape index (κ2) is 20.9. The van der Waals surface area contributed by atoms with Gasteiger partial charge in [-0.1, -0.05) is 46.0 Å². The number of hydrogen-bond acceptors (Lipinski definition) is 4. The van der Waals surface area contributed by atoms with E-state index in [1.54, 1.807) is 22.3 Å². The van der Waals surface area contributed by atoms with E-state index in [1.807, 2.05) is 0 Å². The molecule has 0 radical (unpaired) electrons. The first-order valence-corrected chi connectivity index (χ1v) is 6.82. The fraction of sp³-hybridized carbons (Fsp3) is 0.562. The van der Waals surface area contributed by atoms with Gasteiger partial charge in [0.25, 0.3) is 0 Å². The molecule has 0 aromatic heterocycles. The van der Waals surface area contributed by atoms with Gasteiger partial charge in [-0.25, -0.2) is 0 Å². The van der Waals surface area contributed by atoms with Crippen LogP contribution in [0.2, 0.25) is 0 Å². The first-order chi connectivity index (χ1) is 10.5. The fourth-order valence-corrected chi connectivity index (χ4v) is 2.45. The number of allylic oxidation sites excluding steroid dienone is 4. The largest absolute Gasteiger partial charge is 2.00 e. The van der Waals surface area contributed by atoms with Crippen LogP contribution in [-0.2, 0) is 31.3 Å². The summed E-state index contributed by atoms with van der Waals surface area (Å²) in [6, 6.07) is 0. The van der Waals surface area contributed by atoms with Crippen LogP contribution in [0.25, 0.3) is 11.5 Å². The molecule has 6 nitrogen and oxygen atoms in total. The summed E-state index contributed by atoms with van der Waals surface area (Å²) in [6.45, 7) is 6.91. The van der Waals surface area contributed by atoms with Crippen molar-refractivity contribution in [1.29, 1.82) is 0 Å². The minimum Gasteiger partial charge on any atom is -0.857 e. The Kier molecular flexibility index (Phi) is 27.2. The average molecular weight is 359 g/mol. The first-order valence-electron chi connectivity index (χ1n) is 6.82. The number of nitrogens with one attached hydrogen (secondary N) is 2. The molecule has 0 spiro atoms. The fourth-order valence-electron chi connectivity index (χ4n) is 2.45. The molecule has 0 heterocycles. The van der Waals surface area contributed by atoms with Crippen LogP contribution in [0.1, 0.15) is 40.0 Å². The predicted molar refractivity (Wildman–Crippen MR) is 85.3 cm³/mol. The summed E-state index contributed by atoms with van der Waals surface area (Å²) in [7, 11) is 1.50. The van der Waals surface area contributed by atoms with E-state index in [0.717, 1.165) is 20.1 Å². The van der Waals surface area contributed by atoms with Crippen molar-refractivity contribution >= 4 is 12.8 Å². The third kappa shape index (κ3) is 11.2. The van der Waals surface area contributed by atoms with Gasteiger partial charge < -0.3 is 31.3 Å². The smallest absolute Gasteiger partial charge is 0.857 e. The molecule has 2 N–H and O–H groups in total. The SMILES string of the molecule is CC1=C(C)C(C)C2=C1[CH-]CCC2.C[O-].C[O-].[NH-]C=O.[NH-]C=O.[Ti+2]. The van der Waals surface area contributed by atoms with E-state index in [0.29, 0.717) is 0 Å². The molecule has 0 aromatic rings. The van der Waals surface area contributed by atoms with Crippen molar-refractivity contribution in [3.05, 3.63) is 40.2 Å². The average Bonchev–Trinajstić information content (AvgIpc) is 2.78. The predicted octanol–water partition coefficient (Wildman–Crippen LogP) is 2.00. The van der Waals surface area contributed by atoms with Crippen molar-refractivity contribution in [3.63, 3.8) is 0 Å². The van der Waals surface area contributed by atoms with Crippen LogP contribution >= 0.6 is 0 Å². The minimum absolute atomic E-state index is 0. The Morgan fingerprint density at radius 3 is 1.83 bits per heavy atom. The van der Waals surface area contributed by atoms with E-state index >= 15 is 0 Å². The molecule has 0 aliphatic heterocycles. The first kappa shape index (κ1) is 29.9. The molecule has 0 fully saturated rings. The Hall–Kier alpha value is -1.08. The van der Waals surface area contributed by atoms with Crippen molar-refractivity contribution in [2.75, 3.05) is 14.2 Å². The van der Waals surface area contributed by atoms with E-state index < -0.39 is 0 Å². The number of hydrogen-bond donors (Lipinski definition) is 0. The zero-order valence-corrected chi connectivity index (χ0v) is 16.1. The molecule has 0 aromatic carbocycles. The van der Waals surface area contributed by atoms with Gasteiger partial charge in [0, 0.05) is 12.8 Å². The summed E-state index contributed by atoms with van der Waals surface area (Å²) in [5, 5.41) is 16.5. The van der Waals surface area contributed by atoms with Gasteiger partial charge in [-0.05, 0) is 0 Å². The number of carbonyl (C=O) groups excluding carboxylic acids is 2. The molecule has 1 atom stereocenters.